The van der Waals surface area contributed by atoms with Crippen molar-refractivity contribution in [2.75, 3.05) is 5.32 Å². The minimum absolute atomic E-state index is 0.444. The Bertz CT molecular complexity index is 1430. The van der Waals surface area contributed by atoms with Crippen LogP contribution in [-0.4, -0.2) is 29.3 Å². The second kappa shape index (κ2) is 6.86. The molecular formula is C21H16N8O. The van der Waals surface area contributed by atoms with E-state index in [2.05, 4.69) is 31.4 Å². The highest BCUT2D eigenvalue weighted by Gasteiger charge is 2.13. The van der Waals surface area contributed by atoms with Crippen LogP contribution in [0.1, 0.15) is 5.56 Å². The number of nitrogens with one attached hydrogen (secondary N) is 1. The molecule has 3 aromatic heterocycles. The van der Waals surface area contributed by atoms with Gasteiger partial charge in [0.1, 0.15) is 17.5 Å². The van der Waals surface area contributed by atoms with Crippen molar-refractivity contribution in [3.05, 3.63) is 60.6 Å². The standard InChI is InChI=1S/C21H16N8O/c1-28-18-8-7-15(30-20-16-11-25-29(2)19(16)23-12-24-20)9-17(18)27-21(28)26-14-5-3-13(10-22)4-6-14/h3-9,11-12H,1-2H3,(H,26,27). The molecule has 0 aliphatic rings. The summed E-state index contributed by atoms with van der Waals surface area (Å²) < 4.78 is 9.63. The number of benzene rings is 2. The van der Waals surface area contributed by atoms with Crippen LogP contribution in [0.15, 0.2) is 55.0 Å². The van der Waals surface area contributed by atoms with Crippen molar-refractivity contribution in [3.8, 4) is 17.7 Å². The van der Waals surface area contributed by atoms with Crippen molar-refractivity contribution in [1.82, 2.24) is 29.3 Å². The number of anilines is 2. The lowest BCUT2D eigenvalue weighted by atomic mass is 10.2. The number of fused-ring (bicyclic) bond motifs is 2. The van der Waals surface area contributed by atoms with Crippen molar-refractivity contribution in [3.63, 3.8) is 0 Å². The largest absolute Gasteiger partial charge is 0.438 e. The first kappa shape index (κ1) is 17.6. The SMILES string of the molecule is Cn1ncc2c(Oc3ccc4c(c3)nc(Nc3ccc(C#N)cc3)n4C)ncnc21. The van der Waals surface area contributed by atoms with Gasteiger partial charge in [0.25, 0.3) is 0 Å². The molecule has 0 saturated carbocycles. The van der Waals surface area contributed by atoms with Gasteiger partial charge in [-0.2, -0.15) is 10.4 Å². The maximum atomic E-state index is 8.94. The molecule has 0 aliphatic carbocycles. The number of aromatic nitrogens is 6. The fourth-order valence-electron chi connectivity index (χ4n) is 3.25. The maximum Gasteiger partial charge on any atom is 0.233 e. The number of hydrogen-bond donors (Lipinski definition) is 1. The zero-order valence-corrected chi connectivity index (χ0v) is 16.2. The highest BCUT2D eigenvalue weighted by molar-refractivity contribution is 5.82. The van der Waals surface area contributed by atoms with Gasteiger partial charge in [-0.1, -0.05) is 0 Å². The third kappa shape index (κ3) is 2.97. The predicted molar refractivity (Wildman–Crippen MR) is 112 cm³/mol. The van der Waals surface area contributed by atoms with E-state index in [1.165, 1.54) is 6.33 Å². The summed E-state index contributed by atoms with van der Waals surface area (Å²) in [5.41, 5.74) is 3.90. The van der Waals surface area contributed by atoms with Crippen LogP contribution in [0.4, 0.5) is 11.6 Å². The fourth-order valence-corrected chi connectivity index (χ4v) is 3.25. The number of hydrogen-bond acceptors (Lipinski definition) is 7. The van der Waals surface area contributed by atoms with Crippen molar-refractivity contribution in [2.24, 2.45) is 14.1 Å². The van der Waals surface area contributed by atoms with Gasteiger partial charge >= 0.3 is 0 Å². The number of rotatable bonds is 4. The topological polar surface area (TPSA) is 106 Å². The molecule has 0 fully saturated rings. The summed E-state index contributed by atoms with van der Waals surface area (Å²) in [5, 5.41) is 17.2. The quantitative estimate of drug-likeness (QED) is 0.494. The van der Waals surface area contributed by atoms with E-state index in [0.29, 0.717) is 28.8 Å². The van der Waals surface area contributed by atoms with Gasteiger partial charge in [0.05, 0.1) is 28.9 Å². The Labute approximate surface area is 171 Å². The molecule has 5 aromatic rings. The van der Waals surface area contributed by atoms with Crippen LogP contribution >= 0.6 is 0 Å². The summed E-state index contributed by atoms with van der Waals surface area (Å²) in [5.74, 6) is 1.75. The van der Waals surface area contributed by atoms with Gasteiger partial charge in [0.15, 0.2) is 5.65 Å². The predicted octanol–water partition coefficient (Wildman–Crippen LogP) is 3.66. The zero-order valence-electron chi connectivity index (χ0n) is 16.2. The lowest BCUT2D eigenvalue weighted by molar-refractivity contribution is 0.468. The van der Waals surface area contributed by atoms with E-state index in [9.17, 15) is 0 Å². The van der Waals surface area contributed by atoms with E-state index in [1.807, 2.05) is 49.0 Å². The van der Waals surface area contributed by atoms with Crippen molar-refractivity contribution < 1.29 is 4.74 Å². The molecule has 0 aliphatic heterocycles. The summed E-state index contributed by atoms with van der Waals surface area (Å²) in [7, 11) is 3.76. The third-order valence-electron chi connectivity index (χ3n) is 4.83. The molecule has 0 unspecified atom stereocenters. The van der Waals surface area contributed by atoms with Crippen LogP contribution < -0.4 is 10.1 Å². The van der Waals surface area contributed by atoms with Gasteiger partial charge in [-0.25, -0.2) is 15.0 Å². The minimum atomic E-state index is 0.444. The molecule has 0 atom stereocenters. The zero-order chi connectivity index (χ0) is 20.7. The summed E-state index contributed by atoms with van der Waals surface area (Å²) in [6.07, 6.45) is 3.14. The van der Waals surface area contributed by atoms with Crippen LogP contribution in [0.3, 0.4) is 0 Å². The van der Waals surface area contributed by atoms with Gasteiger partial charge in [0.2, 0.25) is 11.8 Å². The Balaban J connectivity index is 1.46. The number of ether oxygens (including phenoxy) is 1. The molecular weight excluding hydrogens is 380 g/mol. The Morgan fingerprint density at radius 3 is 2.70 bits per heavy atom. The van der Waals surface area contributed by atoms with E-state index in [4.69, 9.17) is 10.00 Å². The van der Waals surface area contributed by atoms with E-state index in [1.54, 1.807) is 23.0 Å². The Morgan fingerprint density at radius 1 is 1.07 bits per heavy atom. The highest BCUT2D eigenvalue weighted by Crippen LogP contribution is 2.30. The summed E-state index contributed by atoms with van der Waals surface area (Å²) in [6.45, 7) is 0. The molecule has 2 aromatic carbocycles. The fraction of sp³-hybridized carbons (Fsp3) is 0.0952. The van der Waals surface area contributed by atoms with E-state index in [-0.39, 0.29) is 0 Å². The second-order valence-corrected chi connectivity index (χ2v) is 6.75. The van der Waals surface area contributed by atoms with Gasteiger partial charge < -0.3 is 14.6 Å². The molecule has 9 nitrogen and oxygen atoms in total. The molecule has 5 rings (SSSR count). The van der Waals surface area contributed by atoms with E-state index >= 15 is 0 Å². The molecule has 30 heavy (non-hydrogen) atoms. The lowest BCUT2D eigenvalue weighted by Gasteiger charge is -2.06. The van der Waals surface area contributed by atoms with Crippen LogP contribution in [0.25, 0.3) is 22.1 Å². The number of nitriles is 1. The number of nitrogens with zero attached hydrogens (tertiary/aromatic N) is 7. The molecule has 0 bridgehead atoms. The lowest BCUT2D eigenvalue weighted by Crippen LogP contribution is -1.98. The number of aryl methyl sites for hydroxylation is 2. The molecule has 146 valence electrons. The summed E-state index contributed by atoms with van der Waals surface area (Å²) >= 11 is 0. The van der Waals surface area contributed by atoms with Gasteiger partial charge in [-0.3, -0.25) is 4.68 Å². The monoisotopic (exact) mass is 396 g/mol. The molecule has 0 amide bonds. The summed E-state index contributed by atoms with van der Waals surface area (Å²) in [6, 6.07) is 15.0. The second-order valence-electron chi connectivity index (χ2n) is 6.75. The van der Waals surface area contributed by atoms with Gasteiger partial charge in [-0.15, -0.1) is 0 Å². The third-order valence-corrected chi connectivity index (χ3v) is 4.83. The molecule has 9 heteroatoms. The molecule has 3 heterocycles. The smallest absolute Gasteiger partial charge is 0.233 e. The number of imidazole rings is 1. The van der Waals surface area contributed by atoms with Crippen molar-refractivity contribution in [2.45, 2.75) is 0 Å². The molecule has 1 N–H and O–H groups in total. The van der Waals surface area contributed by atoms with Crippen molar-refractivity contribution in [1.29, 1.82) is 5.26 Å². The summed E-state index contributed by atoms with van der Waals surface area (Å²) in [4.78, 5) is 13.1. The van der Waals surface area contributed by atoms with Crippen LogP contribution in [0.2, 0.25) is 0 Å². The van der Waals surface area contributed by atoms with Gasteiger partial charge in [0, 0.05) is 25.8 Å². The van der Waals surface area contributed by atoms with Crippen molar-refractivity contribution >= 4 is 33.7 Å². The Hall–Kier alpha value is -4.45. The Morgan fingerprint density at radius 2 is 1.90 bits per heavy atom. The molecule has 0 radical (unpaired) electrons. The van der Waals surface area contributed by atoms with Crippen LogP contribution in [-0.2, 0) is 14.1 Å². The maximum absolute atomic E-state index is 8.94. The van der Waals surface area contributed by atoms with E-state index < -0.39 is 0 Å². The van der Waals surface area contributed by atoms with Crippen LogP contribution in [0, 0.1) is 11.3 Å². The minimum Gasteiger partial charge on any atom is -0.438 e. The first-order chi connectivity index (χ1) is 14.6. The van der Waals surface area contributed by atoms with Crippen LogP contribution in [0.5, 0.6) is 11.6 Å². The highest BCUT2D eigenvalue weighted by atomic mass is 16.5. The molecule has 0 spiro atoms. The Kier molecular flexibility index (Phi) is 4.03. The average molecular weight is 396 g/mol. The molecule has 0 saturated heterocycles. The normalized spacial score (nSPS) is 11.0. The van der Waals surface area contributed by atoms with Gasteiger partial charge in [-0.05, 0) is 36.4 Å². The average Bonchev–Trinajstić information content (AvgIpc) is 3.29. The first-order valence-electron chi connectivity index (χ1n) is 9.16. The first-order valence-corrected chi connectivity index (χ1v) is 9.16. The van der Waals surface area contributed by atoms with E-state index in [0.717, 1.165) is 22.1 Å².